The van der Waals surface area contributed by atoms with Crippen molar-refractivity contribution in [3.8, 4) is 11.5 Å². The monoisotopic (exact) mass is 333 g/mol. The van der Waals surface area contributed by atoms with Crippen LogP contribution in [0.15, 0.2) is 40.7 Å². The second-order valence-electron chi connectivity index (χ2n) is 4.95. The molecule has 0 saturated carbocycles. The highest BCUT2D eigenvalue weighted by molar-refractivity contribution is 7.09. The molecule has 2 rings (SSSR count). The number of hydrogen-bond donors (Lipinski definition) is 2. The van der Waals surface area contributed by atoms with Gasteiger partial charge in [0.2, 0.25) is 0 Å². The highest BCUT2D eigenvalue weighted by Gasteiger charge is 2.05. The van der Waals surface area contributed by atoms with Crippen LogP contribution < -0.4 is 20.5 Å². The molecule has 0 aliphatic carbocycles. The topological polar surface area (TPSA) is 68.9 Å². The number of guanidine groups is 1. The first-order valence-electron chi connectivity index (χ1n) is 7.50. The van der Waals surface area contributed by atoms with Gasteiger partial charge in [0, 0.05) is 24.4 Å². The van der Waals surface area contributed by atoms with Crippen molar-refractivity contribution >= 4 is 17.3 Å². The molecule has 5 nitrogen and oxygen atoms in total. The molecule has 1 heterocycles. The van der Waals surface area contributed by atoms with Gasteiger partial charge in [0.1, 0.15) is 11.5 Å². The van der Waals surface area contributed by atoms with Crippen LogP contribution in [0.1, 0.15) is 10.4 Å². The van der Waals surface area contributed by atoms with Gasteiger partial charge in [-0.15, -0.1) is 11.3 Å². The minimum Gasteiger partial charge on any atom is -0.497 e. The van der Waals surface area contributed by atoms with Gasteiger partial charge in [0.05, 0.1) is 14.2 Å². The number of thiophene rings is 1. The Morgan fingerprint density at radius 2 is 2.09 bits per heavy atom. The number of benzene rings is 1. The predicted octanol–water partition coefficient (Wildman–Crippen LogP) is 2.45. The van der Waals surface area contributed by atoms with E-state index in [9.17, 15) is 0 Å². The average Bonchev–Trinajstić information content (AvgIpc) is 3.08. The lowest BCUT2D eigenvalue weighted by atomic mass is 10.1. The molecule has 0 amide bonds. The SMILES string of the molecule is COc1ccc(OC)c(CCNC(N)=NCCc2cccs2)c1. The second kappa shape index (κ2) is 9.05. The van der Waals surface area contributed by atoms with Crippen LogP contribution in [-0.4, -0.2) is 33.3 Å². The van der Waals surface area contributed by atoms with Crippen molar-refractivity contribution in [3.05, 3.63) is 46.2 Å². The molecule has 0 fully saturated rings. The summed E-state index contributed by atoms with van der Waals surface area (Å²) in [5.41, 5.74) is 6.97. The summed E-state index contributed by atoms with van der Waals surface area (Å²) in [6, 6.07) is 9.93. The molecule has 124 valence electrons. The van der Waals surface area contributed by atoms with Crippen molar-refractivity contribution < 1.29 is 9.47 Å². The van der Waals surface area contributed by atoms with Gasteiger partial charge in [-0.3, -0.25) is 4.99 Å². The molecule has 6 heteroatoms. The Morgan fingerprint density at radius 3 is 2.78 bits per heavy atom. The van der Waals surface area contributed by atoms with E-state index in [1.165, 1.54) is 4.88 Å². The van der Waals surface area contributed by atoms with Crippen molar-refractivity contribution in [2.75, 3.05) is 27.3 Å². The minimum atomic E-state index is 0.475. The molecule has 1 aromatic carbocycles. The molecule has 0 bridgehead atoms. The Bertz CT molecular complexity index is 627. The highest BCUT2D eigenvalue weighted by atomic mass is 32.1. The fourth-order valence-corrected chi connectivity index (χ4v) is 2.90. The second-order valence-corrected chi connectivity index (χ2v) is 5.98. The van der Waals surface area contributed by atoms with Crippen molar-refractivity contribution in [3.63, 3.8) is 0 Å². The Morgan fingerprint density at radius 1 is 1.22 bits per heavy atom. The van der Waals surface area contributed by atoms with E-state index >= 15 is 0 Å². The number of nitrogens with zero attached hydrogens (tertiary/aromatic N) is 1. The van der Waals surface area contributed by atoms with E-state index in [2.05, 4.69) is 21.8 Å². The molecule has 0 unspecified atom stereocenters. The molecule has 0 aliphatic rings. The van der Waals surface area contributed by atoms with Crippen LogP contribution in [0, 0.1) is 0 Å². The number of nitrogens with one attached hydrogen (secondary N) is 1. The third-order valence-electron chi connectivity index (χ3n) is 3.41. The van der Waals surface area contributed by atoms with Gasteiger partial charge < -0.3 is 20.5 Å². The van der Waals surface area contributed by atoms with Crippen molar-refractivity contribution in [2.24, 2.45) is 10.7 Å². The maximum absolute atomic E-state index is 5.89. The zero-order valence-electron chi connectivity index (χ0n) is 13.5. The molecule has 0 radical (unpaired) electrons. The first kappa shape index (κ1) is 17.1. The van der Waals surface area contributed by atoms with E-state index in [1.54, 1.807) is 25.6 Å². The van der Waals surface area contributed by atoms with Gasteiger partial charge in [-0.2, -0.15) is 0 Å². The van der Waals surface area contributed by atoms with Crippen molar-refractivity contribution in [2.45, 2.75) is 12.8 Å². The average molecular weight is 333 g/mol. The van der Waals surface area contributed by atoms with Gasteiger partial charge in [0.15, 0.2) is 5.96 Å². The molecular formula is C17H23N3O2S. The summed E-state index contributed by atoms with van der Waals surface area (Å²) < 4.78 is 10.6. The van der Waals surface area contributed by atoms with Crippen molar-refractivity contribution in [1.82, 2.24) is 5.32 Å². The number of nitrogens with two attached hydrogens (primary N) is 1. The van der Waals surface area contributed by atoms with Crippen LogP contribution >= 0.6 is 11.3 Å². The Balaban J connectivity index is 1.79. The van der Waals surface area contributed by atoms with E-state index in [4.69, 9.17) is 15.2 Å². The lowest BCUT2D eigenvalue weighted by Gasteiger charge is -2.11. The number of hydrogen-bond acceptors (Lipinski definition) is 4. The Kier molecular flexibility index (Phi) is 6.75. The van der Waals surface area contributed by atoms with E-state index in [0.29, 0.717) is 19.0 Å². The van der Waals surface area contributed by atoms with E-state index in [0.717, 1.165) is 29.9 Å². The van der Waals surface area contributed by atoms with Crippen molar-refractivity contribution in [1.29, 1.82) is 0 Å². The smallest absolute Gasteiger partial charge is 0.188 e. The third-order valence-corrected chi connectivity index (χ3v) is 4.34. The fraction of sp³-hybridized carbons (Fsp3) is 0.353. The zero-order chi connectivity index (χ0) is 16.5. The summed E-state index contributed by atoms with van der Waals surface area (Å²) in [5, 5.41) is 5.21. The van der Waals surface area contributed by atoms with Crippen LogP contribution in [0.25, 0.3) is 0 Å². The molecule has 2 aromatic rings. The zero-order valence-corrected chi connectivity index (χ0v) is 14.4. The van der Waals surface area contributed by atoms with Crippen LogP contribution in [0.5, 0.6) is 11.5 Å². The van der Waals surface area contributed by atoms with Crippen LogP contribution in [0.4, 0.5) is 0 Å². The lowest BCUT2D eigenvalue weighted by Crippen LogP contribution is -2.33. The summed E-state index contributed by atoms with van der Waals surface area (Å²) >= 11 is 1.74. The third kappa shape index (κ3) is 5.49. The first-order valence-corrected chi connectivity index (χ1v) is 8.38. The summed E-state index contributed by atoms with van der Waals surface area (Å²) in [6.45, 7) is 1.39. The largest absolute Gasteiger partial charge is 0.497 e. The number of rotatable bonds is 8. The maximum atomic E-state index is 5.89. The normalized spacial score (nSPS) is 11.3. The van der Waals surface area contributed by atoms with Gasteiger partial charge in [-0.25, -0.2) is 0 Å². The summed E-state index contributed by atoms with van der Waals surface area (Å²) in [7, 11) is 3.32. The van der Waals surface area contributed by atoms with E-state index in [-0.39, 0.29) is 0 Å². The number of aliphatic imine (C=N–C) groups is 1. The predicted molar refractivity (Wildman–Crippen MR) is 95.8 cm³/mol. The van der Waals surface area contributed by atoms with Crippen LogP contribution in [0.3, 0.4) is 0 Å². The van der Waals surface area contributed by atoms with Crippen LogP contribution in [-0.2, 0) is 12.8 Å². The summed E-state index contributed by atoms with van der Waals surface area (Å²) in [4.78, 5) is 5.66. The maximum Gasteiger partial charge on any atom is 0.188 e. The number of methoxy groups -OCH3 is 2. The van der Waals surface area contributed by atoms with E-state index in [1.807, 2.05) is 24.3 Å². The van der Waals surface area contributed by atoms with Crippen LogP contribution in [0.2, 0.25) is 0 Å². The molecule has 0 aliphatic heterocycles. The van der Waals surface area contributed by atoms with Gasteiger partial charge >= 0.3 is 0 Å². The Hall–Kier alpha value is -2.21. The Labute approximate surface area is 141 Å². The highest BCUT2D eigenvalue weighted by Crippen LogP contribution is 2.24. The van der Waals surface area contributed by atoms with Gasteiger partial charge in [0.25, 0.3) is 0 Å². The summed E-state index contributed by atoms with van der Waals surface area (Å²) in [5.74, 6) is 2.14. The first-order chi connectivity index (χ1) is 11.2. The van der Waals surface area contributed by atoms with Gasteiger partial charge in [-0.1, -0.05) is 6.07 Å². The summed E-state index contributed by atoms with van der Waals surface area (Å²) in [6.07, 6.45) is 1.70. The molecule has 0 spiro atoms. The molecular weight excluding hydrogens is 310 g/mol. The lowest BCUT2D eigenvalue weighted by molar-refractivity contribution is 0.398. The molecule has 0 saturated heterocycles. The number of ether oxygens (including phenoxy) is 2. The molecule has 23 heavy (non-hydrogen) atoms. The van der Waals surface area contributed by atoms with Gasteiger partial charge in [-0.05, 0) is 41.6 Å². The minimum absolute atomic E-state index is 0.475. The molecule has 1 aromatic heterocycles. The quantitative estimate of drug-likeness (QED) is 0.575. The molecule has 3 N–H and O–H groups in total. The van der Waals surface area contributed by atoms with E-state index < -0.39 is 0 Å². The fourth-order valence-electron chi connectivity index (χ4n) is 2.20. The standard InChI is InChI=1S/C17H23N3O2S/c1-21-14-5-6-16(22-2)13(12-14)7-9-19-17(18)20-10-8-15-4-3-11-23-15/h3-6,11-12H,7-10H2,1-2H3,(H3,18,19,20). The molecule has 0 atom stereocenters.